The first-order valence-electron chi connectivity index (χ1n) is 4.40. The Kier molecular flexibility index (Phi) is 2.69. The number of aromatic nitrogens is 1. The summed E-state index contributed by atoms with van der Waals surface area (Å²) in [5.74, 6) is 1.14. The first-order valence-corrected chi connectivity index (χ1v) is 4.40. The molecule has 0 fully saturated rings. The van der Waals surface area contributed by atoms with E-state index in [-0.39, 0.29) is 0 Å². The average molecular weight is 164 g/mol. The molecule has 66 valence electrons. The smallest absolute Gasteiger partial charge is 0.126 e. The van der Waals surface area contributed by atoms with E-state index in [1.165, 1.54) is 0 Å². The van der Waals surface area contributed by atoms with Gasteiger partial charge in [-0.1, -0.05) is 26.8 Å². The summed E-state index contributed by atoms with van der Waals surface area (Å²) in [4.78, 5) is 4.32. The lowest BCUT2D eigenvalue weighted by Gasteiger charge is -2.07. The first kappa shape index (κ1) is 9.04. The van der Waals surface area contributed by atoms with E-state index in [0.29, 0.717) is 11.7 Å². The van der Waals surface area contributed by atoms with Crippen LogP contribution < -0.4 is 5.73 Å². The average Bonchev–Trinajstić information content (AvgIpc) is 2.04. The molecule has 0 saturated carbocycles. The highest BCUT2D eigenvalue weighted by Crippen LogP contribution is 2.16. The number of nitrogens with two attached hydrogens (primary N) is 1. The third kappa shape index (κ3) is 1.76. The van der Waals surface area contributed by atoms with Gasteiger partial charge in [0, 0.05) is 5.69 Å². The summed E-state index contributed by atoms with van der Waals surface area (Å²) in [6.45, 7) is 6.32. The molecule has 2 nitrogen and oxygen atoms in total. The van der Waals surface area contributed by atoms with Crippen molar-refractivity contribution in [3.05, 3.63) is 23.4 Å². The van der Waals surface area contributed by atoms with Crippen molar-refractivity contribution in [2.24, 2.45) is 0 Å². The van der Waals surface area contributed by atoms with Crippen LogP contribution in [0.25, 0.3) is 0 Å². The molecular formula is C10H16N2. The Labute approximate surface area is 73.8 Å². The summed E-state index contributed by atoms with van der Waals surface area (Å²) in [6.07, 6.45) is 0.956. The van der Waals surface area contributed by atoms with E-state index in [4.69, 9.17) is 5.73 Å². The van der Waals surface area contributed by atoms with Gasteiger partial charge in [-0.25, -0.2) is 4.98 Å². The van der Waals surface area contributed by atoms with E-state index in [0.717, 1.165) is 17.7 Å². The molecule has 0 saturated heterocycles. The molecule has 1 aromatic rings. The molecule has 0 aromatic carbocycles. The van der Waals surface area contributed by atoms with Gasteiger partial charge in [-0.3, -0.25) is 0 Å². The lowest BCUT2D eigenvalue weighted by molar-refractivity contribution is 0.822. The summed E-state index contributed by atoms with van der Waals surface area (Å²) in [6, 6.07) is 4.12. The number of pyridine rings is 1. The van der Waals surface area contributed by atoms with Crippen molar-refractivity contribution < 1.29 is 0 Å². The van der Waals surface area contributed by atoms with Crippen molar-refractivity contribution in [1.29, 1.82) is 0 Å². The molecule has 1 heterocycles. The Morgan fingerprint density at radius 3 is 2.50 bits per heavy atom. The number of nitrogen functional groups attached to an aromatic ring is 1. The Morgan fingerprint density at radius 1 is 1.42 bits per heavy atom. The van der Waals surface area contributed by atoms with Gasteiger partial charge in [0.1, 0.15) is 5.82 Å². The van der Waals surface area contributed by atoms with Gasteiger partial charge in [0.25, 0.3) is 0 Å². The van der Waals surface area contributed by atoms with Crippen molar-refractivity contribution in [2.75, 3.05) is 5.73 Å². The van der Waals surface area contributed by atoms with Crippen LogP contribution in [0.2, 0.25) is 0 Å². The van der Waals surface area contributed by atoms with E-state index in [9.17, 15) is 0 Å². The molecule has 1 rings (SSSR count). The van der Waals surface area contributed by atoms with E-state index in [1.807, 2.05) is 0 Å². The highest BCUT2D eigenvalue weighted by atomic mass is 14.8. The van der Waals surface area contributed by atoms with Crippen molar-refractivity contribution in [3.8, 4) is 0 Å². The highest BCUT2D eigenvalue weighted by Gasteiger charge is 2.03. The van der Waals surface area contributed by atoms with Crippen molar-refractivity contribution >= 4 is 5.82 Å². The Hall–Kier alpha value is -1.05. The van der Waals surface area contributed by atoms with Gasteiger partial charge in [-0.05, 0) is 24.0 Å². The van der Waals surface area contributed by atoms with Crippen LogP contribution in [0.1, 0.15) is 37.9 Å². The summed E-state index contributed by atoms with van der Waals surface area (Å²) in [5, 5.41) is 0. The molecule has 0 aliphatic rings. The van der Waals surface area contributed by atoms with E-state index >= 15 is 0 Å². The lowest BCUT2D eigenvalue weighted by atomic mass is 10.1. The summed E-state index contributed by atoms with van der Waals surface area (Å²) >= 11 is 0. The SMILES string of the molecule is CCc1ccc(C(C)C)nc1N. The standard InChI is InChI=1S/C10H16N2/c1-4-8-5-6-9(7(2)3)12-10(8)11/h5-7H,4H2,1-3H3,(H2,11,12). The quantitative estimate of drug-likeness (QED) is 0.728. The van der Waals surface area contributed by atoms with Gasteiger partial charge in [0.15, 0.2) is 0 Å². The van der Waals surface area contributed by atoms with Crippen molar-refractivity contribution in [1.82, 2.24) is 4.98 Å². The normalized spacial score (nSPS) is 10.7. The Morgan fingerprint density at radius 2 is 2.08 bits per heavy atom. The predicted octanol–water partition coefficient (Wildman–Crippen LogP) is 2.35. The van der Waals surface area contributed by atoms with Crippen LogP contribution >= 0.6 is 0 Å². The molecule has 0 aliphatic carbocycles. The lowest BCUT2D eigenvalue weighted by Crippen LogP contribution is -2.01. The molecule has 0 atom stereocenters. The molecule has 0 aliphatic heterocycles. The van der Waals surface area contributed by atoms with Crippen LogP contribution in [0.15, 0.2) is 12.1 Å². The fraction of sp³-hybridized carbons (Fsp3) is 0.500. The molecule has 2 heteroatoms. The first-order chi connectivity index (χ1) is 5.65. The van der Waals surface area contributed by atoms with Crippen LogP contribution in [0.4, 0.5) is 5.82 Å². The highest BCUT2D eigenvalue weighted by molar-refractivity contribution is 5.40. The minimum absolute atomic E-state index is 0.457. The zero-order valence-corrected chi connectivity index (χ0v) is 7.96. The number of hydrogen-bond donors (Lipinski definition) is 1. The molecule has 0 unspecified atom stereocenters. The number of rotatable bonds is 2. The van der Waals surface area contributed by atoms with Crippen molar-refractivity contribution in [2.45, 2.75) is 33.1 Å². The van der Waals surface area contributed by atoms with E-state index in [1.54, 1.807) is 0 Å². The molecule has 12 heavy (non-hydrogen) atoms. The maximum atomic E-state index is 5.76. The van der Waals surface area contributed by atoms with Gasteiger partial charge >= 0.3 is 0 Å². The summed E-state index contributed by atoms with van der Waals surface area (Å²) < 4.78 is 0. The van der Waals surface area contributed by atoms with Crippen LogP contribution in [0.5, 0.6) is 0 Å². The minimum atomic E-state index is 0.457. The second-order valence-corrected chi connectivity index (χ2v) is 3.29. The monoisotopic (exact) mass is 164 g/mol. The van der Waals surface area contributed by atoms with Gasteiger partial charge in [0.2, 0.25) is 0 Å². The third-order valence-corrected chi connectivity index (χ3v) is 2.01. The molecular weight excluding hydrogens is 148 g/mol. The topological polar surface area (TPSA) is 38.9 Å². The van der Waals surface area contributed by atoms with Crippen molar-refractivity contribution in [3.63, 3.8) is 0 Å². The Bertz CT molecular complexity index is 267. The maximum Gasteiger partial charge on any atom is 0.126 e. The van der Waals surface area contributed by atoms with Crippen LogP contribution in [0.3, 0.4) is 0 Å². The molecule has 2 N–H and O–H groups in total. The van der Waals surface area contributed by atoms with Crippen LogP contribution in [-0.4, -0.2) is 4.98 Å². The molecule has 0 amide bonds. The number of aryl methyl sites for hydroxylation is 1. The van der Waals surface area contributed by atoms with Gasteiger partial charge < -0.3 is 5.73 Å². The largest absolute Gasteiger partial charge is 0.383 e. The molecule has 0 spiro atoms. The minimum Gasteiger partial charge on any atom is -0.383 e. The Balaban J connectivity index is 3.02. The van der Waals surface area contributed by atoms with Crippen LogP contribution in [0, 0.1) is 0 Å². The summed E-state index contributed by atoms with van der Waals surface area (Å²) in [7, 11) is 0. The molecule has 0 bridgehead atoms. The number of hydrogen-bond acceptors (Lipinski definition) is 2. The van der Waals surface area contributed by atoms with Gasteiger partial charge in [-0.15, -0.1) is 0 Å². The fourth-order valence-electron chi connectivity index (χ4n) is 1.14. The van der Waals surface area contributed by atoms with Gasteiger partial charge in [-0.2, -0.15) is 0 Å². The predicted molar refractivity (Wildman–Crippen MR) is 52.1 cm³/mol. The molecule has 1 aromatic heterocycles. The second kappa shape index (κ2) is 3.57. The second-order valence-electron chi connectivity index (χ2n) is 3.29. The summed E-state index contributed by atoms with van der Waals surface area (Å²) in [5.41, 5.74) is 7.97. The third-order valence-electron chi connectivity index (χ3n) is 2.01. The number of nitrogens with zero attached hydrogens (tertiary/aromatic N) is 1. The fourth-order valence-corrected chi connectivity index (χ4v) is 1.14. The van der Waals surface area contributed by atoms with E-state index < -0.39 is 0 Å². The zero-order chi connectivity index (χ0) is 9.14. The zero-order valence-electron chi connectivity index (χ0n) is 7.96. The number of anilines is 1. The van der Waals surface area contributed by atoms with Crippen LogP contribution in [-0.2, 0) is 6.42 Å². The maximum absolute atomic E-state index is 5.76. The van der Waals surface area contributed by atoms with E-state index in [2.05, 4.69) is 37.9 Å². The molecule has 0 radical (unpaired) electrons. The van der Waals surface area contributed by atoms with Gasteiger partial charge in [0.05, 0.1) is 0 Å².